The van der Waals surface area contributed by atoms with Gasteiger partial charge in [-0.15, -0.1) is 0 Å². The van der Waals surface area contributed by atoms with Crippen LogP contribution in [0.5, 0.6) is 0 Å². The first-order valence-corrected chi connectivity index (χ1v) is 8.07. The predicted octanol–water partition coefficient (Wildman–Crippen LogP) is 2.77. The van der Waals surface area contributed by atoms with Crippen molar-refractivity contribution in [3.63, 3.8) is 0 Å². The van der Waals surface area contributed by atoms with Crippen molar-refractivity contribution in [1.29, 1.82) is 0 Å². The van der Waals surface area contributed by atoms with Gasteiger partial charge in [-0.2, -0.15) is 5.10 Å². The number of hydrogen-bond acceptors (Lipinski definition) is 3. The minimum absolute atomic E-state index is 0.442. The van der Waals surface area contributed by atoms with E-state index in [4.69, 9.17) is 5.84 Å². The number of hydrazine groups is 1. The summed E-state index contributed by atoms with van der Waals surface area (Å²) in [5.41, 5.74) is 6.89. The highest BCUT2D eigenvalue weighted by molar-refractivity contribution is 5.24. The van der Waals surface area contributed by atoms with Gasteiger partial charge >= 0.3 is 0 Å². The van der Waals surface area contributed by atoms with E-state index < -0.39 is 0 Å². The van der Waals surface area contributed by atoms with Gasteiger partial charge in [-0.3, -0.25) is 16.0 Å². The number of nitrogens with two attached hydrogens (primary N) is 1. The minimum Gasteiger partial charge on any atom is -0.272 e. The Kier molecular flexibility index (Phi) is 5.61. The van der Waals surface area contributed by atoms with Crippen LogP contribution in [0.25, 0.3) is 0 Å². The topological polar surface area (TPSA) is 55.9 Å². The molecule has 1 aliphatic rings. The first-order chi connectivity index (χ1) is 9.61. The van der Waals surface area contributed by atoms with Crippen LogP contribution in [0.15, 0.2) is 0 Å². The lowest BCUT2D eigenvalue weighted by atomic mass is 9.84. The van der Waals surface area contributed by atoms with Crippen molar-refractivity contribution < 1.29 is 0 Å². The van der Waals surface area contributed by atoms with Gasteiger partial charge in [0.2, 0.25) is 0 Å². The van der Waals surface area contributed by atoms with E-state index in [1.54, 1.807) is 0 Å². The van der Waals surface area contributed by atoms with Crippen molar-refractivity contribution >= 4 is 0 Å². The van der Waals surface area contributed by atoms with Crippen LogP contribution in [-0.2, 0) is 13.5 Å². The summed E-state index contributed by atoms with van der Waals surface area (Å²) < 4.78 is 1.98. The largest absolute Gasteiger partial charge is 0.272 e. The Morgan fingerprint density at radius 3 is 2.55 bits per heavy atom. The number of aryl methyl sites for hydroxylation is 2. The molecular formula is C16H30N4. The molecule has 0 bridgehead atoms. The molecule has 1 aliphatic carbocycles. The number of nitrogens with zero attached hydrogens (tertiary/aromatic N) is 2. The maximum absolute atomic E-state index is 5.76. The number of hydrogen-bond donors (Lipinski definition) is 2. The Bertz CT molecular complexity index is 418. The van der Waals surface area contributed by atoms with E-state index in [9.17, 15) is 0 Å². The molecular weight excluding hydrogens is 248 g/mol. The highest BCUT2D eigenvalue weighted by Crippen LogP contribution is 2.28. The van der Waals surface area contributed by atoms with E-state index in [-0.39, 0.29) is 0 Å². The average Bonchev–Trinajstić information content (AvgIpc) is 2.70. The lowest BCUT2D eigenvalue weighted by Gasteiger charge is -2.26. The highest BCUT2D eigenvalue weighted by atomic mass is 15.3. The van der Waals surface area contributed by atoms with E-state index in [0.717, 1.165) is 18.8 Å². The molecule has 1 aromatic heterocycles. The number of rotatable bonds is 6. The summed E-state index contributed by atoms with van der Waals surface area (Å²) in [5.74, 6) is 6.64. The summed E-state index contributed by atoms with van der Waals surface area (Å²) in [6.07, 6.45) is 10.4. The van der Waals surface area contributed by atoms with Gasteiger partial charge < -0.3 is 0 Å². The molecule has 114 valence electrons. The second kappa shape index (κ2) is 7.23. The quantitative estimate of drug-likeness (QED) is 0.621. The van der Waals surface area contributed by atoms with Crippen LogP contribution < -0.4 is 11.3 Å². The van der Waals surface area contributed by atoms with Crippen molar-refractivity contribution in [2.45, 2.75) is 71.3 Å². The molecule has 1 heterocycles. The fourth-order valence-electron chi connectivity index (χ4n) is 3.59. The van der Waals surface area contributed by atoms with E-state index in [1.807, 2.05) is 11.7 Å². The molecule has 0 aliphatic heterocycles. The summed E-state index contributed by atoms with van der Waals surface area (Å²) in [6, 6.07) is 0.442. The minimum atomic E-state index is 0.442. The van der Waals surface area contributed by atoms with E-state index in [2.05, 4.69) is 24.4 Å². The normalized spacial score (nSPS) is 18.4. The van der Waals surface area contributed by atoms with Crippen molar-refractivity contribution in [2.75, 3.05) is 0 Å². The second-order valence-corrected chi connectivity index (χ2v) is 6.41. The molecule has 0 spiro atoms. The summed E-state index contributed by atoms with van der Waals surface area (Å²) in [5, 5.41) is 4.50. The molecule has 1 atom stereocenters. The Labute approximate surface area is 123 Å². The van der Waals surface area contributed by atoms with E-state index in [0.29, 0.717) is 6.04 Å². The molecule has 4 heteroatoms. The summed E-state index contributed by atoms with van der Waals surface area (Å²) in [4.78, 5) is 0. The van der Waals surface area contributed by atoms with Crippen LogP contribution in [-0.4, -0.2) is 15.8 Å². The molecule has 20 heavy (non-hydrogen) atoms. The molecule has 1 aromatic rings. The third kappa shape index (κ3) is 3.83. The molecule has 1 fully saturated rings. The lowest BCUT2D eigenvalue weighted by molar-refractivity contribution is 0.292. The third-order valence-corrected chi connectivity index (χ3v) is 4.98. The van der Waals surface area contributed by atoms with Gasteiger partial charge in [-0.05, 0) is 44.6 Å². The molecule has 0 amide bonds. The standard InChI is InChI=1S/C16H30N4/c1-12-16(13(2)20(3)19-12)10-9-15(18-17)11-14-7-5-4-6-8-14/h14-15,18H,4-11,17H2,1-3H3. The van der Waals surface area contributed by atoms with E-state index >= 15 is 0 Å². The maximum atomic E-state index is 5.76. The van der Waals surface area contributed by atoms with Crippen molar-refractivity contribution in [3.8, 4) is 0 Å². The SMILES string of the molecule is Cc1nn(C)c(C)c1CCC(CC1CCCCC1)NN. The van der Waals surface area contributed by atoms with Crippen molar-refractivity contribution in [2.24, 2.45) is 18.8 Å². The molecule has 0 aromatic carbocycles. The van der Waals surface area contributed by atoms with E-state index in [1.165, 1.54) is 55.5 Å². The van der Waals surface area contributed by atoms with Gasteiger partial charge in [0.05, 0.1) is 5.69 Å². The molecule has 4 nitrogen and oxygen atoms in total. The molecule has 1 unspecified atom stereocenters. The maximum Gasteiger partial charge on any atom is 0.0628 e. The van der Waals surface area contributed by atoms with Crippen LogP contribution in [0.1, 0.15) is 61.9 Å². The summed E-state index contributed by atoms with van der Waals surface area (Å²) in [7, 11) is 2.02. The van der Waals surface area contributed by atoms with Gasteiger partial charge in [0.25, 0.3) is 0 Å². The van der Waals surface area contributed by atoms with Gasteiger partial charge in [-0.25, -0.2) is 0 Å². The summed E-state index contributed by atoms with van der Waals surface area (Å²) >= 11 is 0. The van der Waals surface area contributed by atoms with Crippen LogP contribution in [0.4, 0.5) is 0 Å². The first kappa shape index (κ1) is 15.5. The van der Waals surface area contributed by atoms with Crippen LogP contribution in [0.3, 0.4) is 0 Å². The number of aromatic nitrogens is 2. The van der Waals surface area contributed by atoms with Crippen LogP contribution >= 0.6 is 0 Å². The molecule has 3 N–H and O–H groups in total. The Hall–Kier alpha value is -0.870. The van der Waals surface area contributed by atoms with Crippen LogP contribution in [0.2, 0.25) is 0 Å². The Morgan fingerprint density at radius 2 is 2.00 bits per heavy atom. The molecule has 1 saturated carbocycles. The summed E-state index contributed by atoms with van der Waals surface area (Å²) in [6.45, 7) is 4.26. The zero-order valence-corrected chi connectivity index (χ0v) is 13.3. The van der Waals surface area contributed by atoms with Crippen LogP contribution in [0, 0.1) is 19.8 Å². The van der Waals surface area contributed by atoms with Crippen molar-refractivity contribution in [1.82, 2.24) is 15.2 Å². The van der Waals surface area contributed by atoms with Gasteiger partial charge in [0.1, 0.15) is 0 Å². The van der Waals surface area contributed by atoms with Gasteiger partial charge in [0, 0.05) is 18.8 Å². The zero-order chi connectivity index (χ0) is 14.5. The van der Waals surface area contributed by atoms with Crippen molar-refractivity contribution in [3.05, 3.63) is 17.0 Å². The molecule has 2 rings (SSSR count). The fraction of sp³-hybridized carbons (Fsp3) is 0.812. The highest BCUT2D eigenvalue weighted by Gasteiger charge is 2.19. The molecule has 0 saturated heterocycles. The third-order valence-electron chi connectivity index (χ3n) is 4.98. The monoisotopic (exact) mass is 278 g/mol. The second-order valence-electron chi connectivity index (χ2n) is 6.41. The Morgan fingerprint density at radius 1 is 1.30 bits per heavy atom. The average molecular weight is 278 g/mol. The fourth-order valence-corrected chi connectivity index (χ4v) is 3.59. The van der Waals surface area contributed by atoms with Gasteiger partial charge in [-0.1, -0.05) is 32.1 Å². The zero-order valence-electron chi connectivity index (χ0n) is 13.3. The lowest BCUT2D eigenvalue weighted by Crippen LogP contribution is -2.37. The van der Waals surface area contributed by atoms with Gasteiger partial charge in [0.15, 0.2) is 0 Å². The smallest absolute Gasteiger partial charge is 0.0628 e. The number of nitrogens with one attached hydrogen (secondary N) is 1. The Balaban J connectivity index is 1.86. The molecule has 0 radical (unpaired) electrons. The predicted molar refractivity (Wildman–Crippen MR) is 83.3 cm³/mol. The first-order valence-electron chi connectivity index (χ1n) is 8.07.